The van der Waals surface area contributed by atoms with Crippen LogP contribution in [0.1, 0.15) is 0 Å². The molecule has 5 nitrogen and oxygen atoms in total. The summed E-state index contributed by atoms with van der Waals surface area (Å²) in [7, 11) is 0. The minimum atomic E-state index is -0.804. The minimum absolute atomic E-state index is 0.0266. The smallest absolute Gasteiger partial charge is 0.332 e. The molecule has 3 N–H and O–H groups in total. The van der Waals surface area contributed by atoms with Gasteiger partial charge in [-0.1, -0.05) is 0 Å². The van der Waals surface area contributed by atoms with Crippen LogP contribution in [0.5, 0.6) is 0 Å². The van der Waals surface area contributed by atoms with Gasteiger partial charge in [-0.05, 0) is 15.9 Å². The van der Waals surface area contributed by atoms with E-state index in [0.717, 1.165) is 0 Å². The van der Waals surface area contributed by atoms with Gasteiger partial charge in [0.1, 0.15) is 6.07 Å². The number of nitriles is 1. The van der Waals surface area contributed by atoms with Crippen molar-refractivity contribution in [2.45, 2.75) is 0 Å². The predicted molar refractivity (Wildman–Crippen MR) is 34.7 cm³/mol. The first-order chi connectivity index (χ1) is 4.16. The van der Waals surface area contributed by atoms with Crippen LogP contribution in [0.15, 0.2) is 5.10 Å². The predicted octanol–water partition coefficient (Wildman–Crippen LogP) is -0.113. The molecule has 9 heavy (non-hydrogen) atoms. The van der Waals surface area contributed by atoms with E-state index in [2.05, 4.69) is 26.8 Å². The van der Waals surface area contributed by atoms with Crippen molar-refractivity contribution in [2.75, 3.05) is 0 Å². The van der Waals surface area contributed by atoms with E-state index in [1.165, 1.54) is 0 Å². The lowest BCUT2D eigenvalue weighted by Gasteiger charge is -1.87. The van der Waals surface area contributed by atoms with Gasteiger partial charge in [-0.25, -0.2) is 10.2 Å². The van der Waals surface area contributed by atoms with Crippen molar-refractivity contribution in [3.05, 3.63) is 0 Å². The van der Waals surface area contributed by atoms with E-state index in [4.69, 9.17) is 5.26 Å². The average molecular weight is 191 g/mol. The molecule has 0 saturated heterocycles. The van der Waals surface area contributed by atoms with Gasteiger partial charge in [0.05, 0.1) is 0 Å². The standard InChI is InChI=1S/C3H3BrN4O/c4-2(1-5)7-8-3(6)9/h(H3,6,8,9)/b7-2-. The fraction of sp³-hybridized carbons (Fsp3) is 0. The van der Waals surface area contributed by atoms with E-state index in [9.17, 15) is 4.79 Å². The zero-order chi connectivity index (χ0) is 7.28. The van der Waals surface area contributed by atoms with E-state index >= 15 is 0 Å². The van der Waals surface area contributed by atoms with E-state index in [0.29, 0.717) is 0 Å². The number of halogens is 1. The molecule has 0 atom stereocenters. The molecule has 0 saturated carbocycles. The molecule has 48 valence electrons. The van der Waals surface area contributed by atoms with E-state index in [1.54, 1.807) is 6.07 Å². The van der Waals surface area contributed by atoms with Crippen LogP contribution >= 0.6 is 15.9 Å². The molecule has 0 aliphatic rings. The first-order valence-corrected chi connectivity index (χ1v) is 2.65. The second-order valence-corrected chi connectivity index (χ2v) is 1.74. The molecule has 0 aromatic carbocycles. The molecule has 6 heteroatoms. The summed E-state index contributed by atoms with van der Waals surface area (Å²) in [4.78, 5) is 9.89. The number of urea groups is 1. The van der Waals surface area contributed by atoms with Crippen molar-refractivity contribution in [1.29, 1.82) is 5.26 Å². The second-order valence-electron chi connectivity index (χ2n) is 0.990. The van der Waals surface area contributed by atoms with Gasteiger partial charge in [0.15, 0.2) is 0 Å². The van der Waals surface area contributed by atoms with E-state index in [1.807, 2.05) is 5.43 Å². The molecule has 0 radical (unpaired) electrons. The Morgan fingerprint density at radius 2 is 2.44 bits per heavy atom. The van der Waals surface area contributed by atoms with Crippen LogP contribution in [0.3, 0.4) is 0 Å². The summed E-state index contributed by atoms with van der Waals surface area (Å²) in [5, 5.41) is 11.2. The van der Waals surface area contributed by atoms with Gasteiger partial charge in [0.25, 0.3) is 0 Å². The van der Waals surface area contributed by atoms with Gasteiger partial charge in [-0.3, -0.25) is 0 Å². The second kappa shape index (κ2) is 3.86. The molecule has 0 unspecified atom stereocenters. The van der Waals surface area contributed by atoms with Crippen molar-refractivity contribution < 1.29 is 4.79 Å². The number of primary amides is 1. The first kappa shape index (κ1) is 7.91. The molecule has 0 rings (SSSR count). The number of hydrogen-bond donors (Lipinski definition) is 2. The van der Waals surface area contributed by atoms with Gasteiger partial charge >= 0.3 is 6.03 Å². The van der Waals surface area contributed by atoms with E-state index < -0.39 is 6.03 Å². The minimum Gasteiger partial charge on any atom is -0.350 e. The maximum atomic E-state index is 9.89. The Bertz CT molecular complexity index is 181. The Balaban J connectivity index is 3.74. The lowest BCUT2D eigenvalue weighted by molar-refractivity contribution is 0.249. The maximum Gasteiger partial charge on any atom is 0.332 e. The molecule has 0 fully saturated rings. The number of rotatable bonds is 1. The number of carbonyl (C=O) groups excluding carboxylic acids is 1. The molecule has 0 aliphatic carbocycles. The van der Waals surface area contributed by atoms with Gasteiger partial charge in [-0.15, -0.1) is 0 Å². The third-order valence-electron chi connectivity index (χ3n) is 0.357. The van der Waals surface area contributed by atoms with Crippen molar-refractivity contribution in [3.8, 4) is 6.07 Å². The van der Waals surface area contributed by atoms with Crippen molar-refractivity contribution in [2.24, 2.45) is 10.8 Å². The lowest BCUT2D eigenvalue weighted by atomic mass is 10.9. The molecule has 0 aromatic heterocycles. The summed E-state index contributed by atoms with van der Waals surface area (Å²) in [5.41, 5.74) is 6.46. The molecule has 0 heterocycles. The zero-order valence-corrected chi connectivity index (χ0v) is 5.84. The number of nitrogens with two attached hydrogens (primary N) is 1. The van der Waals surface area contributed by atoms with Crippen molar-refractivity contribution in [3.63, 3.8) is 0 Å². The normalized spacial score (nSPS) is 10.0. The lowest BCUT2D eigenvalue weighted by Crippen LogP contribution is -2.24. The molecule has 0 spiro atoms. The third kappa shape index (κ3) is 4.77. The number of nitrogens with zero attached hydrogens (tertiary/aromatic N) is 2. The number of hydrogen-bond acceptors (Lipinski definition) is 3. The Labute approximate surface area is 59.6 Å². The molecule has 0 aliphatic heterocycles. The van der Waals surface area contributed by atoms with Crippen LogP contribution in [0.25, 0.3) is 0 Å². The third-order valence-corrected chi connectivity index (χ3v) is 0.711. The fourth-order valence-electron chi connectivity index (χ4n) is 0.129. The van der Waals surface area contributed by atoms with Crippen LogP contribution < -0.4 is 11.2 Å². The maximum absolute atomic E-state index is 9.89. The van der Waals surface area contributed by atoms with Gasteiger partial charge in [-0.2, -0.15) is 10.4 Å². The molecule has 0 aromatic rings. The molecule has 0 bridgehead atoms. The molecular formula is C3H3BrN4O. The van der Waals surface area contributed by atoms with Gasteiger partial charge in [0, 0.05) is 0 Å². The highest BCUT2D eigenvalue weighted by molar-refractivity contribution is 9.18. The highest BCUT2D eigenvalue weighted by atomic mass is 79.9. The summed E-state index contributed by atoms with van der Waals surface area (Å²) in [6.07, 6.45) is 0. The van der Waals surface area contributed by atoms with Crippen molar-refractivity contribution in [1.82, 2.24) is 5.43 Å². The monoisotopic (exact) mass is 190 g/mol. The average Bonchev–Trinajstić information content (AvgIpc) is 1.83. The summed E-state index contributed by atoms with van der Waals surface area (Å²) >= 11 is 2.72. The van der Waals surface area contributed by atoms with Gasteiger partial charge < -0.3 is 5.73 Å². The Morgan fingerprint density at radius 1 is 1.89 bits per heavy atom. The Kier molecular flexibility index (Phi) is 3.39. The summed E-state index contributed by atoms with van der Waals surface area (Å²) in [5.74, 6) is 0. The van der Waals surface area contributed by atoms with Crippen LogP contribution in [0.4, 0.5) is 4.79 Å². The molecule has 2 amide bonds. The summed E-state index contributed by atoms with van der Waals surface area (Å²) < 4.78 is -0.0266. The van der Waals surface area contributed by atoms with Crippen LogP contribution in [-0.4, -0.2) is 10.7 Å². The van der Waals surface area contributed by atoms with Gasteiger partial charge in [0.2, 0.25) is 4.62 Å². The summed E-state index contributed by atoms with van der Waals surface area (Å²) in [6.45, 7) is 0. The highest BCUT2D eigenvalue weighted by Crippen LogP contribution is 1.82. The number of nitrogens with one attached hydrogen (secondary N) is 1. The largest absolute Gasteiger partial charge is 0.350 e. The highest BCUT2D eigenvalue weighted by Gasteiger charge is 1.88. The van der Waals surface area contributed by atoms with E-state index in [-0.39, 0.29) is 4.62 Å². The quantitative estimate of drug-likeness (QED) is 0.446. The first-order valence-electron chi connectivity index (χ1n) is 1.85. The molecular weight excluding hydrogens is 188 g/mol. The van der Waals surface area contributed by atoms with Crippen molar-refractivity contribution >= 4 is 26.6 Å². The van der Waals surface area contributed by atoms with Crippen LogP contribution in [0.2, 0.25) is 0 Å². The number of amides is 2. The number of hydrazone groups is 1. The SMILES string of the molecule is N#C/C(Br)=N/NC(N)=O. The fourth-order valence-corrected chi connectivity index (χ4v) is 0.218. The Morgan fingerprint density at radius 3 is 2.78 bits per heavy atom. The number of carbonyl (C=O) groups is 1. The van der Waals surface area contributed by atoms with Crippen LogP contribution in [0, 0.1) is 11.3 Å². The van der Waals surface area contributed by atoms with Crippen LogP contribution in [-0.2, 0) is 0 Å². The Hall–Kier alpha value is -1.09. The topological polar surface area (TPSA) is 91.3 Å². The summed E-state index contributed by atoms with van der Waals surface area (Å²) in [6, 6.07) is 0.813. The zero-order valence-electron chi connectivity index (χ0n) is 4.26.